The highest BCUT2D eigenvalue weighted by molar-refractivity contribution is 6.61. The second-order valence-electron chi connectivity index (χ2n) is 4.95. The highest BCUT2D eigenvalue weighted by Crippen LogP contribution is 2.02. The third-order valence-corrected chi connectivity index (χ3v) is 2.92. The van der Waals surface area contributed by atoms with Gasteiger partial charge in [0.05, 0.1) is 18.7 Å². The van der Waals surface area contributed by atoms with Crippen LogP contribution in [0.3, 0.4) is 0 Å². The van der Waals surface area contributed by atoms with Crippen molar-refractivity contribution in [2.75, 3.05) is 13.1 Å². The lowest BCUT2D eigenvalue weighted by Gasteiger charge is -2.03. The summed E-state index contributed by atoms with van der Waals surface area (Å²) >= 11 is 4.97. The molecule has 2 rings (SSSR count). The third kappa shape index (κ3) is 16.3. The zero-order valence-corrected chi connectivity index (χ0v) is 16.3. The Kier molecular flexibility index (Phi) is 15.6. The van der Waals surface area contributed by atoms with Gasteiger partial charge in [-0.05, 0) is 11.1 Å². The van der Waals surface area contributed by atoms with Crippen LogP contribution in [0.1, 0.15) is 11.1 Å². The van der Waals surface area contributed by atoms with Crippen molar-refractivity contribution in [3.05, 3.63) is 71.8 Å². The van der Waals surface area contributed by atoms with Gasteiger partial charge in [-0.3, -0.25) is 0 Å². The number of amides is 1. The van der Waals surface area contributed by atoms with E-state index in [1.54, 1.807) is 12.1 Å². The maximum atomic E-state index is 10.9. The van der Waals surface area contributed by atoms with E-state index in [4.69, 9.17) is 26.9 Å². The van der Waals surface area contributed by atoms with Crippen molar-refractivity contribution in [1.82, 2.24) is 5.32 Å². The van der Waals surface area contributed by atoms with Crippen LogP contribution in [0, 0.1) is 22.7 Å². The number of nitrogens with zero attached hydrogens (tertiary/aromatic N) is 2. The van der Waals surface area contributed by atoms with Crippen LogP contribution >= 0.6 is 11.6 Å². The second-order valence-corrected chi connectivity index (χ2v) is 5.26. The van der Waals surface area contributed by atoms with Gasteiger partial charge < -0.3 is 20.5 Å². The van der Waals surface area contributed by atoms with Crippen molar-refractivity contribution >= 4 is 23.1 Å². The standard InChI is InChI=1S/C10H10N2O2.C8H7ClO2.C2H4N2/c11-6-7-12-10(13)14-8-9-4-2-1-3-5-9;9-8(10)11-6-7-4-2-1-3-5-7;3-1-2-4/h1-5H,7-8H2,(H,12,13);1-5H,6H2;1,3H2. The summed E-state index contributed by atoms with van der Waals surface area (Å²) < 4.78 is 9.38. The molecular weight excluding hydrogens is 396 g/mol. The molecule has 8 nitrogen and oxygen atoms in total. The Labute approximate surface area is 174 Å². The number of nitriles is 2. The number of carbonyl (C=O) groups excluding carboxylic acids is 2. The molecule has 0 aliphatic rings. The zero-order valence-electron chi connectivity index (χ0n) is 15.6. The van der Waals surface area contributed by atoms with E-state index in [2.05, 4.69) is 15.8 Å². The molecule has 0 radical (unpaired) electrons. The highest BCUT2D eigenvalue weighted by atomic mass is 35.5. The summed E-state index contributed by atoms with van der Waals surface area (Å²) in [5.74, 6) is 0. The quantitative estimate of drug-likeness (QED) is 0.561. The van der Waals surface area contributed by atoms with Gasteiger partial charge >= 0.3 is 11.5 Å². The molecule has 0 atom stereocenters. The Morgan fingerprint density at radius 1 is 0.897 bits per heavy atom. The van der Waals surface area contributed by atoms with Gasteiger partial charge in [-0.25, -0.2) is 9.59 Å². The monoisotopic (exact) mass is 416 g/mol. The summed E-state index contributed by atoms with van der Waals surface area (Å²) in [6.45, 7) is 0.550. The average molecular weight is 417 g/mol. The van der Waals surface area contributed by atoms with E-state index in [9.17, 15) is 9.59 Å². The molecule has 2 aromatic carbocycles. The van der Waals surface area contributed by atoms with Gasteiger partial charge in [-0.2, -0.15) is 10.5 Å². The summed E-state index contributed by atoms with van der Waals surface area (Å²) in [6, 6.07) is 22.2. The van der Waals surface area contributed by atoms with Gasteiger partial charge in [0.2, 0.25) is 0 Å². The number of alkyl carbamates (subject to hydrolysis) is 1. The molecule has 1 amide bonds. The molecule has 0 spiro atoms. The van der Waals surface area contributed by atoms with Crippen LogP contribution in [-0.4, -0.2) is 24.6 Å². The van der Waals surface area contributed by atoms with Gasteiger partial charge in [0.15, 0.2) is 0 Å². The zero-order chi connectivity index (χ0) is 21.7. The highest BCUT2D eigenvalue weighted by Gasteiger charge is 2.00. The molecule has 0 unspecified atom stereocenters. The topological polar surface area (TPSA) is 138 Å². The summed E-state index contributed by atoms with van der Waals surface area (Å²) in [5, 5.41) is 18.0. The smallest absolute Gasteiger partial charge is 0.408 e. The normalized spacial score (nSPS) is 8.41. The van der Waals surface area contributed by atoms with Gasteiger partial charge in [0, 0.05) is 11.6 Å². The van der Waals surface area contributed by atoms with Crippen molar-refractivity contribution in [3.63, 3.8) is 0 Å². The Hall–Kier alpha value is -3.59. The molecule has 29 heavy (non-hydrogen) atoms. The van der Waals surface area contributed by atoms with Crippen LogP contribution in [0.25, 0.3) is 0 Å². The fourth-order valence-electron chi connectivity index (χ4n) is 1.60. The molecule has 0 heterocycles. The van der Waals surface area contributed by atoms with Crippen LogP contribution in [0.15, 0.2) is 60.7 Å². The van der Waals surface area contributed by atoms with E-state index >= 15 is 0 Å². The SMILES string of the molecule is N#CCN.N#CCNC(=O)OCc1ccccc1.O=C(Cl)OCc1ccccc1. The third-order valence-electron chi connectivity index (χ3n) is 2.81. The maximum absolute atomic E-state index is 10.9. The minimum absolute atomic E-state index is 0.0341. The van der Waals surface area contributed by atoms with E-state index < -0.39 is 11.5 Å². The fourth-order valence-corrected chi connectivity index (χ4v) is 1.65. The van der Waals surface area contributed by atoms with Crippen molar-refractivity contribution in [2.24, 2.45) is 5.73 Å². The van der Waals surface area contributed by atoms with Gasteiger partial charge in [0.1, 0.15) is 19.8 Å². The number of ether oxygens (including phenoxy) is 2. The molecule has 9 heteroatoms. The summed E-state index contributed by atoms with van der Waals surface area (Å²) in [5.41, 5.74) is 5.75. The van der Waals surface area contributed by atoms with Crippen LogP contribution in [0.2, 0.25) is 0 Å². The van der Waals surface area contributed by atoms with E-state index in [-0.39, 0.29) is 26.3 Å². The fraction of sp³-hybridized carbons (Fsp3) is 0.200. The minimum Gasteiger partial charge on any atom is -0.449 e. The Balaban J connectivity index is 0.000000466. The number of nitrogens with one attached hydrogen (secondary N) is 1. The van der Waals surface area contributed by atoms with Gasteiger partial charge in [-0.1, -0.05) is 60.7 Å². The van der Waals surface area contributed by atoms with E-state index in [1.165, 1.54) is 0 Å². The molecule has 0 aromatic heterocycles. The van der Waals surface area contributed by atoms with Crippen LogP contribution in [-0.2, 0) is 22.7 Å². The number of rotatable bonds is 5. The Morgan fingerprint density at radius 2 is 1.34 bits per heavy atom. The molecule has 0 bridgehead atoms. The largest absolute Gasteiger partial charge is 0.449 e. The molecule has 0 aliphatic carbocycles. The molecule has 152 valence electrons. The minimum atomic E-state index is -0.770. The molecular formula is C20H21ClN4O4. The van der Waals surface area contributed by atoms with Gasteiger partial charge in [0.25, 0.3) is 0 Å². The second kappa shape index (κ2) is 17.8. The van der Waals surface area contributed by atoms with E-state index in [1.807, 2.05) is 60.7 Å². The van der Waals surface area contributed by atoms with Crippen molar-refractivity contribution in [2.45, 2.75) is 13.2 Å². The number of hydrogen-bond donors (Lipinski definition) is 2. The first-order valence-electron chi connectivity index (χ1n) is 8.28. The number of hydrogen-bond acceptors (Lipinski definition) is 7. The number of halogens is 1. The molecule has 0 fully saturated rings. The summed E-state index contributed by atoms with van der Waals surface area (Å²) in [6.07, 6.45) is -0.574. The van der Waals surface area contributed by atoms with E-state index in [0.717, 1.165) is 11.1 Å². The molecule has 2 aromatic rings. The first-order valence-corrected chi connectivity index (χ1v) is 8.66. The van der Waals surface area contributed by atoms with E-state index in [0.29, 0.717) is 0 Å². The molecule has 0 saturated heterocycles. The van der Waals surface area contributed by atoms with Crippen molar-refractivity contribution in [3.8, 4) is 12.1 Å². The van der Waals surface area contributed by atoms with Crippen molar-refractivity contribution < 1.29 is 19.1 Å². The predicted octanol–water partition coefficient (Wildman–Crippen LogP) is 3.47. The number of benzene rings is 2. The first kappa shape index (κ1) is 25.4. The van der Waals surface area contributed by atoms with Crippen LogP contribution < -0.4 is 11.1 Å². The molecule has 3 N–H and O–H groups in total. The molecule has 0 saturated carbocycles. The summed E-state index contributed by atoms with van der Waals surface area (Å²) in [7, 11) is 0. The lowest BCUT2D eigenvalue weighted by Crippen LogP contribution is -2.24. The lowest BCUT2D eigenvalue weighted by molar-refractivity contribution is 0.141. The van der Waals surface area contributed by atoms with Crippen molar-refractivity contribution in [1.29, 1.82) is 10.5 Å². The first-order chi connectivity index (χ1) is 14.0. The average Bonchev–Trinajstić information content (AvgIpc) is 2.77. The van der Waals surface area contributed by atoms with Gasteiger partial charge in [-0.15, -0.1) is 0 Å². The number of carbonyl (C=O) groups is 2. The Morgan fingerprint density at radius 3 is 1.72 bits per heavy atom. The van der Waals surface area contributed by atoms with Crippen LogP contribution in [0.4, 0.5) is 9.59 Å². The lowest BCUT2D eigenvalue weighted by atomic mass is 10.2. The maximum Gasteiger partial charge on any atom is 0.408 e. The molecule has 0 aliphatic heterocycles. The Bertz CT molecular complexity index is 790. The summed E-state index contributed by atoms with van der Waals surface area (Å²) in [4.78, 5) is 21.1. The van der Waals surface area contributed by atoms with Crippen LogP contribution in [0.5, 0.6) is 0 Å². The predicted molar refractivity (Wildman–Crippen MR) is 107 cm³/mol. The number of nitrogens with two attached hydrogens (primary N) is 1.